The highest BCUT2D eigenvalue weighted by molar-refractivity contribution is 6.31. The minimum absolute atomic E-state index is 0.809. The fraction of sp³-hybridized carbons (Fsp3) is 0.222. The maximum atomic E-state index is 6.17. The lowest BCUT2D eigenvalue weighted by atomic mass is 9.97. The molecule has 0 saturated carbocycles. The smallest absolute Gasteiger partial charge is 0.0441 e. The van der Waals surface area contributed by atoms with E-state index in [0.29, 0.717) is 0 Å². The SMILES string of the molecule is C=C/C=C\C(CC(=C)Cc1ccccc1Cl)=C(C)C. The van der Waals surface area contributed by atoms with Crippen molar-refractivity contribution in [1.29, 1.82) is 0 Å². The Morgan fingerprint density at radius 1 is 1.26 bits per heavy atom. The van der Waals surface area contributed by atoms with Gasteiger partial charge in [0.25, 0.3) is 0 Å². The maximum absolute atomic E-state index is 6.17. The zero-order valence-corrected chi connectivity index (χ0v) is 12.5. The molecule has 0 radical (unpaired) electrons. The van der Waals surface area contributed by atoms with Crippen molar-refractivity contribution in [3.8, 4) is 0 Å². The van der Waals surface area contributed by atoms with E-state index in [1.165, 1.54) is 11.1 Å². The van der Waals surface area contributed by atoms with E-state index in [-0.39, 0.29) is 0 Å². The van der Waals surface area contributed by atoms with Crippen LogP contribution in [0, 0.1) is 0 Å². The second-order valence-electron chi connectivity index (χ2n) is 4.82. The van der Waals surface area contributed by atoms with Crippen molar-refractivity contribution in [2.75, 3.05) is 0 Å². The molecule has 0 unspecified atom stereocenters. The quantitative estimate of drug-likeness (QED) is 0.446. The van der Waals surface area contributed by atoms with Crippen molar-refractivity contribution in [2.24, 2.45) is 0 Å². The van der Waals surface area contributed by atoms with Gasteiger partial charge < -0.3 is 0 Å². The summed E-state index contributed by atoms with van der Waals surface area (Å²) in [6, 6.07) is 7.93. The van der Waals surface area contributed by atoms with Gasteiger partial charge in [0, 0.05) is 5.02 Å². The molecule has 0 aliphatic rings. The average molecular weight is 273 g/mol. The summed E-state index contributed by atoms with van der Waals surface area (Å²) in [6.45, 7) is 12.1. The Kier molecular flexibility index (Phi) is 6.38. The molecule has 0 N–H and O–H groups in total. The van der Waals surface area contributed by atoms with Crippen molar-refractivity contribution >= 4 is 11.6 Å². The third-order valence-electron chi connectivity index (χ3n) is 2.91. The van der Waals surface area contributed by atoms with Crippen LogP contribution in [0.15, 0.2) is 72.4 Å². The second kappa shape index (κ2) is 7.81. The molecule has 0 fully saturated rings. The third-order valence-corrected chi connectivity index (χ3v) is 3.28. The molecule has 0 spiro atoms. The lowest BCUT2D eigenvalue weighted by Crippen LogP contribution is -1.93. The van der Waals surface area contributed by atoms with Gasteiger partial charge in [0.2, 0.25) is 0 Å². The molecule has 1 heteroatoms. The fourth-order valence-corrected chi connectivity index (χ4v) is 2.03. The summed E-state index contributed by atoms with van der Waals surface area (Å²) in [6.07, 6.45) is 7.54. The molecule has 1 rings (SSSR count). The summed E-state index contributed by atoms with van der Waals surface area (Å²) in [5.41, 5.74) is 4.89. The molecule has 0 aliphatic carbocycles. The van der Waals surface area contributed by atoms with Crippen LogP contribution in [0.3, 0.4) is 0 Å². The lowest BCUT2D eigenvalue weighted by Gasteiger charge is -2.10. The number of allylic oxidation sites excluding steroid dienone is 6. The van der Waals surface area contributed by atoms with Crippen molar-refractivity contribution in [2.45, 2.75) is 26.7 Å². The van der Waals surface area contributed by atoms with E-state index in [2.05, 4.69) is 39.1 Å². The highest BCUT2D eigenvalue weighted by Gasteiger charge is 2.04. The molecule has 100 valence electrons. The molecule has 0 saturated heterocycles. The van der Waals surface area contributed by atoms with Gasteiger partial charge >= 0.3 is 0 Å². The third kappa shape index (κ3) is 5.32. The van der Waals surface area contributed by atoms with E-state index in [4.69, 9.17) is 11.6 Å². The van der Waals surface area contributed by atoms with Crippen molar-refractivity contribution in [1.82, 2.24) is 0 Å². The summed E-state index contributed by atoms with van der Waals surface area (Å²) < 4.78 is 0. The van der Waals surface area contributed by atoms with Crippen LogP contribution in [0.2, 0.25) is 5.02 Å². The lowest BCUT2D eigenvalue weighted by molar-refractivity contribution is 1.03. The number of rotatable bonds is 6. The second-order valence-corrected chi connectivity index (χ2v) is 5.22. The number of halogens is 1. The molecule has 0 aliphatic heterocycles. The average Bonchev–Trinajstić information content (AvgIpc) is 2.37. The number of benzene rings is 1. The first kappa shape index (κ1) is 15.5. The first-order chi connectivity index (χ1) is 9.04. The molecule has 1 aromatic rings. The van der Waals surface area contributed by atoms with Gasteiger partial charge in [-0.05, 0) is 43.9 Å². The van der Waals surface area contributed by atoms with E-state index in [0.717, 1.165) is 29.0 Å². The summed E-state index contributed by atoms with van der Waals surface area (Å²) in [5.74, 6) is 0. The van der Waals surface area contributed by atoms with E-state index < -0.39 is 0 Å². The minimum Gasteiger partial charge on any atom is -0.0992 e. The van der Waals surface area contributed by atoms with Crippen LogP contribution < -0.4 is 0 Å². The highest BCUT2D eigenvalue weighted by atomic mass is 35.5. The Morgan fingerprint density at radius 3 is 2.53 bits per heavy atom. The van der Waals surface area contributed by atoms with Crippen LogP contribution in [0.1, 0.15) is 25.8 Å². The summed E-state index contributed by atoms with van der Waals surface area (Å²) in [4.78, 5) is 0. The monoisotopic (exact) mass is 272 g/mol. The van der Waals surface area contributed by atoms with Gasteiger partial charge in [-0.1, -0.05) is 72.3 Å². The summed E-state index contributed by atoms with van der Waals surface area (Å²) in [7, 11) is 0. The maximum Gasteiger partial charge on any atom is 0.0441 e. The van der Waals surface area contributed by atoms with Crippen LogP contribution >= 0.6 is 11.6 Å². The Bertz CT molecular complexity index is 514. The van der Waals surface area contributed by atoms with Gasteiger partial charge in [-0.3, -0.25) is 0 Å². The van der Waals surface area contributed by atoms with Crippen molar-refractivity contribution < 1.29 is 0 Å². The standard InChI is InChI=1S/C18H21Cl/c1-5-6-9-16(14(2)3)12-15(4)13-17-10-7-8-11-18(17)19/h5-11H,1,4,12-13H2,2-3H3/b9-6-. The van der Waals surface area contributed by atoms with Crippen LogP contribution in [-0.2, 0) is 6.42 Å². The van der Waals surface area contributed by atoms with Crippen LogP contribution in [-0.4, -0.2) is 0 Å². The molecule has 1 aromatic carbocycles. The van der Waals surface area contributed by atoms with Crippen LogP contribution in [0.4, 0.5) is 0 Å². The van der Waals surface area contributed by atoms with Crippen LogP contribution in [0.25, 0.3) is 0 Å². The van der Waals surface area contributed by atoms with Crippen molar-refractivity contribution in [3.63, 3.8) is 0 Å². The fourth-order valence-electron chi connectivity index (χ4n) is 1.83. The van der Waals surface area contributed by atoms with Crippen LogP contribution in [0.5, 0.6) is 0 Å². The number of hydrogen-bond acceptors (Lipinski definition) is 0. The normalized spacial score (nSPS) is 10.5. The summed E-state index contributed by atoms with van der Waals surface area (Å²) >= 11 is 6.17. The van der Waals surface area contributed by atoms with E-state index >= 15 is 0 Å². The predicted molar refractivity (Wildman–Crippen MR) is 86.6 cm³/mol. The molecule has 0 heterocycles. The van der Waals surface area contributed by atoms with Gasteiger partial charge in [0.1, 0.15) is 0 Å². The Morgan fingerprint density at radius 2 is 1.95 bits per heavy atom. The molecule has 0 aromatic heterocycles. The molecular weight excluding hydrogens is 252 g/mol. The Balaban J connectivity index is 2.75. The molecule has 0 atom stereocenters. The Hall–Kier alpha value is -1.53. The first-order valence-corrected chi connectivity index (χ1v) is 6.78. The predicted octanol–water partition coefficient (Wildman–Crippen LogP) is 5.91. The molecular formula is C18H21Cl. The van der Waals surface area contributed by atoms with Crippen molar-refractivity contribution in [3.05, 3.63) is 83.0 Å². The van der Waals surface area contributed by atoms with Gasteiger partial charge in [-0.15, -0.1) is 0 Å². The van der Waals surface area contributed by atoms with E-state index in [1.807, 2.05) is 24.3 Å². The minimum atomic E-state index is 0.809. The zero-order valence-electron chi connectivity index (χ0n) is 11.7. The topological polar surface area (TPSA) is 0 Å². The van der Waals surface area contributed by atoms with E-state index in [1.54, 1.807) is 6.08 Å². The van der Waals surface area contributed by atoms with E-state index in [9.17, 15) is 0 Å². The largest absolute Gasteiger partial charge is 0.0992 e. The molecule has 0 nitrogen and oxygen atoms in total. The number of hydrogen-bond donors (Lipinski definition) is 0. The van der Waals surface area contributed by atoms with Gasteiger partial charge in [0.05, 0.1) is 0 Å². The summed E-state index contributed by atoms with van der Waals surface area (Å²) in [5, 5.41) is 0.809. The molecule has 0 amide bonds. The van der Waals surface area contributed by atoms with Gasteiger partial charge in [0.15, 0.2) is 0 Å². The molecule has 0 bridgehead atoms. The molecule has 19 heavy (non-hydrogen) atoms. The Labute approximate surface area is 121 Å². The van der Waals surface area contributed by atoms with Gasteiger partial charge in [-0.25, -0.2) is 0 Å². The zero-order chi connectivity index (χ0) is 14.3. The highest BCUT2D eigenvalue weighted by Crippen LogP contribution is 2.22. The first-order valence-electron chi connectivity index (χ1n) is 6.40. The van der Waals surface area contributed by atoms with Gasteiger partial charge in [-0.2, -0.15) is 0 Å².